The van der Waals surface area contributed by atoms with Crippen molar-refractivity contribution in [3.63, 3.8) is 0 Å². The first-order valence-electron chi connectivity index (χ1n) is 6.57. The van der Waals surface area contributed by atoms with Gasteiger partial charge in [-0.15, -0.1) is 10.2 Å². The monoisotopic (exact) mass is 254 g/mol. The van der Waals surface area contributed by atoms with Gasteiger partial charge in [-0.05, 0) is 45.7 Å². The lowest BCUT2D eigenvalue weighted by molar-refractivity contribution is 0.285. The molecule has 0 aliphatic carbocycles. The van der Waals surface area contributed by atoms with Crippen LogP contribution in [0.3, 0.4) is 0 Å². The molecule has 1 aromatic rings. The van der Waals surface area contributed by atoms with E-state index in [4.69, 9.17) is 0 Å². The smallest absolute Gasteiger partial charge is 0.205 e. The van der Waals surface area contributed by atoms with Crippen LogP contribution in [0, 0.1) is 6.92 Å². The molecule has 1 saturated heterocycles. The van der Waals surface area contributed by atoms with Gasteiger partial charge in [0, 0.05) is 12.6 Å². The van der Waals surface area contributed by atoms with Crippen LogP contribution in [-0.4, -0.2) is 40.8 Å². The summed E-state index contributed by atoms with van der Waals surface area (Å²) in [5.41, 5.74) is 0. The first kappa shape index (κ1) is 12.8. The molecule has 5 heteroatoms. The van der Waals surface area contributed by atoms with Crippen LogP contribution in [0.15, 0.2) is 0 Å². The Hall–Kier alpha value is -0.680. The molecule has 96 valence electrons. The first-order valence-corrected chi connectivity index (χ1v) is 7.38. The Kier molecular flexibility index (Phi) is 4.74. The highest BCUT2D eigenvalue weighted by molar-refractivity contribution is 7.15. The van der Waals surface area contributed by atoms with E-state index < -0.39 is 0 Å². The van der Waals surface area contributed by atoms with E-state index in [0.29, 0.717) is 6.04 Å². The third-order valence-corrected chi connectivity index (χ3v) is 3.98. The van der Waals surface area contributed by atoms with Crippen molar-refractivity contribution in [3.8, 4) is 0 Å². The lowest BCUT2D eigenvalue weighted by atomic mass is 10.1. The van der Waals surface area contributed by atoms with Crippen LogP contribution in [0.2, 0.25) is 0 Å². The number of hydrogen-bond acceptors (Lipinski definition) is 5. The van der Waals surface area contributed by atoms with Crippen molar-refractivity contribution < 1.29 is 0 Å². The van der Waals surface area contributed by atoms with Crippen molar-refractivity contribution in [2.45, 2.75) is 45.6 Å². The molecule has 17 heavy (non-hydrogen) atoms. The van der Waals surface area contributed by atoms with E-state index in [1.54, 1.807) is 11.3 Å². The van der Waals surface area contributed by atoms with Crippen LogP contribution >= 0.6 is 11.3 Å². The first-order chi connectivity index (χ1) is 8.28. The zero-order valence-electron chi connectivity index (χ0n) is 10.8. The molecular formula is C12H22N4S. The quantitative estimate of drug-likeness (QED) is 0.896. The van der Waals surface area contributed by atoms with E-state index in [2.05, 4.69) is 27.3 Å². The van der Waals surface area contributed by atoms with Gasteiger partial charge in [0.25, 0.3) is 0 Å². The summed E-state index contributed by atoms with van der Waals surface area (Å²) < 4.78 is 0. The average molecular weight is 254 g/mol. The van der Waals surface area contributed by atoms with Gasteiger partial charge in [0.1, 0.15) is 5.01 Å². The molecule has 0 spiro atoms. The Bertz CT molecular complexity index is 339. The molecule has 1 N–H and O–H groups in total. The standard InChI is InChI=1S/C12H22N4S/c1-3-7-16-8-4-5-11(6-9-16)13-12-15-14-10(2)17-12/h11H,3-9H2,1-2H3,(H,13,15). The van der Waals surface area contributed by atoms with Crippen LogP contribution in [-0.2, 0) is 0 Å². The normalized spacial score (nSPS) is 22.4. The molecule has 1 fully saturated rings. The van der Waals surface area contributed by atoms with E-state index in [9.17, 15) is 0 Å². The van der Waals surface area contributed by atoms with Crippen molar-refractivity contribution in [3.05, 3.63) is 5.01 Å². The zero-order chi connectivity index (χ0) is 12.1. The summed E-state index contributed by atoms with van der Waals surface area (Å²) in [5, 5.41) is 13.7. The number of rotatable bonds is 4. The van der Waals surface area contributed by atoms with Gasteiger partial charge in [-0.3, -0.25) is 0 Å². The molecule has 1 aromatic heterocycles. The van der Waals surface area contributed by atoms with Crippen LogP contribution in [0.1, 0.15) is 37.6 Å². The third kappa shape index (κ3) is 3.92. The summed E-state index contributed by atoms with van der Waals surface area (Å²) in [5.74, 6) is 0. The average Bonchev–Trinajstić information content (AvgIpc) is 2.58. The summed E-state index contributed by atoms with van der Waals surface area (Å²) in [6, 6.07) is 0.573. The molecule has 0 aromatic carbocycles. The van der Waals surface area contributed by atoms with Gasteiger partial charge in [-0.2, -0.15) is 0 Å². The Morgan fingerprint density at radius 2 is 2.24 bits per heavy atom. The summed E-state index contributed by atoms with van der Waals surface area (Å²) >= 11 is 1.65. The lowest BCUT2D eigenvalue weighted by Gasteiger charge is -2.19. The topological polar surface area (TPSA) is 41.0 Å². The molecular weight excluding hydrogens is 232 g/mol. The largest absolute Gasteiger partial charge is 0.357 e. The minimum Gasteiger partial charge on any atom is -0.357 e. The van der Waals surface area contributed by atoms with Gasteiger partial charge < -0.3 is 10.2 Å². The molecule has 1 atom stereocenters. The minimum absolute atomic E-state index is 0.573. The molecule has 2 rings (SSSR count). The molecule has 0 bridgehead atoms. The number of aryl methyl sites for hydroxylation is 1. The van der Waals surface area contributed by atoms with Gasteiger partial charge in [-0.25, -0.2) is 0 Å². The van der Waals surface area contributed by atoms with E-state index in [-0.39, 0.29) is 0 Å². The molecule has 1 unspecified atom stereocenters. The maximum Gasteiger partial charge on any atom is 0.205 e. The van der Waals surface area contributed by atoms with Gasteiger partial charge in [0.05, 0.1) is 0 Å². The second-order valence-electron chi connectivity index (χ2n) is 4.74. The van der Waals surface area contributed by atoms with E-state index in [1.807, 2.05) is 6.92 Å². The second-order valence-corrected chi connectivity index (χ2v) is 5.92. The van der Waals surface area contributed by atoms with Crippen molar-refractivity contribution in [2.24, 2.45) is 0 Å². The van der Waals surface area contributed by atoms with Crippen LogP contribution in [0.25, 0.3) is 0 Å². The van der Waals surface area contributed by atoms with Crippen molar-refractivity contribution in [1.82, 2.24) is 15.1 Å². The van der Waals surface area contributed by atoms with Crippen LogP contribution in [0.4, 0.5) is 5.13 Å². The lowest BCUT2D eigenvalue weighted by Crippen LogP contribution is -2.27. The number of nitrogens with one attached hydrogen (secondary N) is 1. The summed E-state index contributed by atoms with van der Waals surface area (Å²) in [6.07, 6.45) is 5.01. The predicted octanol–water partition coefficient (Wildman–Crippen LogP) is 2.52. The van der Waals surface area contributed by atoms with E-state index in [1.165, 1.54) is 45.3 Å². The molecule has 1 aliphatic heterocycles. The van der Waals surface area contributed by atoms with Crippen LogP contribution < -0.4 is 5.32 Å². The second kappa shape index (κ2) is 6.31. The summed E-state index contributed by atoms with van der Waals surface area (Å²) in [6.45, 7) is 7.96. The Morgan fingerprint density at radius 3 is 2.94 bits per heavy atom. The van der Waals surface area contributed by atoms with Gasteiger partial charge in [0.15, 0.2) is 0 Å². The minimum atomic E-state index is 0.573. The predicted molar refractivity (Wildman–Crippen MR) is 72.6 cm³/mol. The van der Waals surface area contributed by atoms with E-state index in [0.717, 1.165) is 10.1 Å². The molecule has 4 nitrogen and oxygen atoms in total. The Morgan fingerprint density at radius 1 is 1.35 bits per heavy atom. The third-order valence-electron chi connectivity index (χ3n) is 3.21. The van der Waals surface area contributed by atoms with Crippen LogP contribution in [0.5, 0.6) is 0 Å². The molecule has 0 amide bonds. The van der Waals surface area contributed by atoms with Crippen molar-refractivity contribution >= 4 is 16.5 Å². The maximum absolute atomic E-state index is 4.14. The van der Waals surface area contributed by atoms with Crippen molar-refractivity contribution in [2.75, 3.05) is 25.0 Å². The van der Waals surface area contributed by atoms with Gasteiger partial charge >= 0.3 is 0 Å². The number of hydrogen-bond donors (Lipinski definition) is 1. The number of aromatic nitrogens is 2. The highest BCUT2D eigenvalue weighted by Gasteiger charge is 2.17. The summed E-state index contributed by atoms with van der Waals surface area (Å²) in [4.78, 5) is 2.58. The number of nitrogens with zero attached hydrogens (tertiary/aromatic N) is 3. The fourth-order valence-corrected chi connectivity index (χ4v) is 3.04. The Balaban J connectivity index is 1.82. The van der Waals surface area contributed by atoms with Crippen molar-refractivity contribution in [1.29, 1.82) is 0 Å². The molecule has 2 heterocycles. The summed E-state index contributed by atoms with van der Waals surface area (Å²) in [7, 11) is 0. The number of anilines is 1. The van der Waals surface area contributed by atoms with Gasteiger partial charge in [-0.1, -0.05) is 18.3 Å². The van der Waals surface area contributed by atoms with E-state index >= 15 is 0 Å². The molecule has 1 aliphatic rings. The highest BCUT2D eigenvalue weighted by atomic mass is 32.1. The molecule has 0 saturated carbocycles. The fourth-order valence-electron chi connectivity index (χ4n) is 2.37. The zero-order valence-corrected chi connectivity index (χ0v) is 11.6. The maximum atomic E-state index is 4.14. The molecule has 0 radical (unpaired) electrons. The Labute approximate surface area is 107 Å². The fraction of sp³-hybridized carbons (Fsp3) is 0.833. The highest BCUT2D eigenvalue weighted by Crippen LogP contribution is 2.19. The van der Waals surface area contributed by atoms with Gasteiger partial charge in [0.2, 0.25) is 5.13 Å². The number of likely N-dealkylation sites (tertiary alicyclic amines) is 1. The SMILES string of the molecule is CCCN1CCCC(Nc2nnc(C)s2)CC1.